The van der Waals surface area contributed by atoms with Crippen molar-refractivity contribution in [2.75, 3.05) is 0 Å². The monoisotopic (exact) mass is 504 g/mol. The topological polar surface area (TPSA) is 105 Å². The Morgan fingerprint density at radius 1 is 0.694 bits per heavy atom. The van der Waals surface area contributed by atoms with Gasteiger partial charge < -0.3 is 18.9 Å². The van der Waals surface area contributed by atoms with Gasteiger partial charge >= 0.3 is 23.9 Å². The van der Waals surface area contributed by atoms with Crippen molar-refractivity contribution in [2.45, 2.75) is 103 Å². The van der Waals surface area contributed by atoms with Gasteiger partial charge in [0.2, 0.25) is 0 Å². The van der Waals surface area contributed by atoms with Gasteiger partial charge in [0.25, 0.3) is 0 Å². The van der Waals surface area contributed by atoms with Crippen molar-refractivity contribution in [1.82, 2.24) is 0 Å². The van der Waals surface area contributed by atoms with Gasteiger partial charge in [-0.25, -0.2) is 9.59 Å². The lowest BCUT2D eigenvalue weighted by molar-refractivity contribution is -0.207. The Morgan fingerprint density at radius 3 is 1.42 bits per heavy atom. The van der Waals surface area contributed by atoms with Gasteiger partial charge in [0.1, 0.15) is 24.4 Å². The minimum absolute atomic E-state index is 0.181. The van der Waals surface area contributed by atoms with Gasteiger partial charge in [-0.1, -0.05) is 26.0 Å². The Kier molecular flexibility index (Phi) is 10.1. The summed E-state index contributed by atoms with van der Waals surface area (Å²) < 4.78 is 21.8. The Balaban J connectivity index is 0.000000201. The van der Waals surface area contributed by atoms with E-state index < -0.39 is 0 Å². The largest absolute Gasteiger partial charge is 0.458 e. The summed E-state index contributed by atoms with van der Waals surface area (Å²) in [5.41, 5.74) is 0. The third-order valence-electron chi connectivity index (χ3n) is 7.85. The second-order valence-electron chi connectivity index (χ2n) is 10.2. The van der Waals surface area contributed by atoms with E-state index in [1.165, 1.54) is 12.2 Å². The van der Waals surface area contributed by atoms with E-state index in [0.29, 0.717) is 0 Å². The molecule has 0 spiro atoms. The summed E-state index contributed by atoms with van der Waals surface area (Å²) in [6.07, 6.45) is 12.2. The van der Waals surface area contributed by atoms with E-state index in [1.807, 2.05) is 13.8 Å². The summed E-state index contributed by atoms with van der Waals surface area (Å²) in [5, 5.41) is 0. The predicted octanol–water partition coefficient (Wildman–Crippen LogP) is 4.45. The molecule has 8 atom stereocenters. The van der Waals surface area contributed by atoms with Crippen LogP contribution in [0.1, 0.15) is 79.1 Å². The highest BCUT2D eigenvalue weighted by atomic mass is 16.6. The summed E-state index contributed by atoms with van der Waals surface area (Å²) in [6.45, 7) is 7.54. The maximum atomic E-state index is 12.2. The van der Waals surface area contributed by atoms with Crippen molar-refractivity contribution >= 4 is 23.9 Å². The zero-order chi connectivity index (χ0) is 26.2. The number of ether oxygens (including phenoxy) is 4. The summed E-state index contributed by atoms with van der Waals surface area (Å²) in [7, 11) is 0. The lowest BCUT2D eigenvalue weighted by atomic mass is 9.58. The maximum absolute atomic E-state index is 12.2. The van der Waals surface area contributed by atoms with Gasteiger partial charge in [-0.15, -0.1) is 0 Å². The van der Waals surface area contributed by atoms with E-state index in [9.17, 15) is 19.2 Å². The molecule has 8 nitrogen and oxygen atoms in total. The molecule has 3 aliphatic carbocycles. The Morgan fingerprint density at radius 2 is 1.06 bits per heavy atom. The van der Waals surface area contributed by atoms with Crippen molar-refractivity contribution < 1.29 is 38.1 Å². The number of hydrogen-bond donors (Lipinski definition) is 0. The molecule has 0 aromatic heterocycles. The van der Waals surface area contributed by atoms with E-state index in [-0.39, 0.29) is 72.0 Å². The molecule has 0 radical (unpaired) electrons. The first-order chi connectivity index (χ1) is 17.3. The minimum atomic E-state index is -0.378. The van der Waals surface area contributed by atoms with E-state index in [0.717, 1.165) is 51.4 Å². The number of rotatable bonds is 4. The molecule has 8 heteroatoms. The second kappa shape index (κ2) is 13.1. The number of esters is 4. The molecule has 1 heterocycles. The molecule has 0 bridgehead atoms. The SMILES string of the molecule is C/C=C/C(=O)OC1CCCCC1OC(=O)/C=C/C.CC1C(C)C2C(=O)OC3CCCCC3OC(=O)C12. The molecular formula is C28H40O8. The van der Waals surface area contributed by atoms with Crippen molar-refractivity contribution in [3.63, 3.8) is 0 Å². The highest BCUT2D eigenvalue weighted by Gasteiger charge is 2.56. The van der Waals surface area contributed by atoms with Crippen LogP contribution in [0, 0.1) is 23.7 Å². The lowest BCUT2D eigenvalue weighted by Gasteiger charge is -2.48. The highest BCUT2D eigenvalue weighted by Crippen LogP contribution is 2.48. The van der Waals surface area contributed by atoms with Crippen molar-refractivity contribution in [2.24, 2.45) is 23.7 Å². The summed E-state index contributed by atoms with van der Waals surface area (Å²) in [5.74, 6) is -1.25. The van der Waals surface area contributed by atoms with E-state index >= 15 is 0 Å². The van der Waals surface area contributed by atoms with Crippen LogP contribution < -0.4 is 0 Å². The van der Waals surface area contributed by atoms with Crippen molar-refractivity contribution in [3.05, 3.63) is 24.3 Å². The fraction of sp³-hybridized carbons (Fsp3) is 0.714. The Hall–Kier alpha value is -2.64. The third-order valence-corrected chi connectivity index (χ3v) is 7.85. The van der Waals surface area contributed by atoms with Crippen LogP contribution in [0.5, 0.6) is 0 Å². The zero-order valence-corrected chi connectivity index (χ0v) is 21.9. The van der Waals surface area contributed by atoms with Gasteiger partial charge in [0.05, 0.1) is 11.8 Å². The molecule has 0 aromatic carbocycles. The molecule has 4 rings (SSSR count). The molecular weight excluding hydrogens is 464 g/mol. The molecule has 4 aliphatic rings. The molecule has 36 heavy (non-hydrogen) atoms. The second-order valence-corrected chi connectivity index (χ2v) is 10.2. The van der Waals surface area contributed by atoms with Crippen LogP contribution in [0.4, 0.5) is 0 Å². The van der Waals surface area contributed by atoms with Gasteiger partial charge in [-0.2, -0.15) is 0 Å². The summed E-state index contributed by atoms with van der Waals surface area (Å²) in [4.78, 5) is 47.1. The smallest absolute Gasteiger partial charge is 0.330 e. The average Bonchev–Trinajstić information content (AvgIpc) is 2.84. The van der Waals surface area contributed by atoms with Gasteiger partial charge in [-0.3, -0.25) is 9.59 Å². The van der Waals surface area contributed by atoms with Crippen LogP contribution in [-0.2, 0) is 38.1 Å². The fourth-order valence-electron chi connectivity index (χ4n) is 5.65. The molecule has 0 amide bonds. The van der Waals surface area contributed by atoms with Crippen LogP contribution >= 0.6 is 0 Å². The molecule has 0 aromatic rings. The van der Waals surface area contributed by atoms with Gasteiger partial charge in [0.15, 0.2) is 0 Å². The number of carbonyl (C=O) groups is 4. The van der Waals surface area contributed by atoms with Gasteiger partial charge in [-0.05, 0) is 77.0 Å². The summed E-state index contributed by atoms with van der Waals surface area (Å²) in [6, 6.07) is 0. The van der Waals surface area contributed by atoms with Crippen LogP contribution in [0.2, 0.25) is 0 Å². The Labute approximate surface area is 213 Å². The van der Waals surface area contributed by atoms with Crippen molar-refractivity contribution in [1.29, 1.82) is 0 Å². The number of carbonyl (C=O) groups excluding carboxylic acids is 4. The predicted molar refractivity (Wildman–Crippen MR) is 131 cm³/mol. The molecule has 1 aliphatic heterocycles. The number of fused-ring (bicyclic) bond motifs is 2. The van der Waals surface area contributed by atoms with E-state index in [4.69, 9.17) is 18.9 Å². The molecule has 8 unspecified atom stereocenters. The highest BCUT2D eigenvalue weighted by molar-refractivity contribution is 5.85. The minimum Gasteiger partial charge on any atom is -0.458 e. The van der Waals surface area contributed by atoms with E-state index in [2.05, 4.69) is 0 Å². The fourth-order valence-corrected chi connectivity index (χ4v) is 5.65. The molecule has 1 saturated heterocycles. The first kappa shape index (κ1) is 27.9. The maximum Gasteiger partial charge on any atom is 0.330 e. The van der Waals surface area contributed by atoms with Crippen LogP contribution in [-0.4, -0.2) is 48.3 Å². The summed E-state index contributed by atoms with van der Waals surface area (Å²) >= 11 is 0. The molecule has 0 N–H and O–H groups in total. The lowest BCUT2D eigenvalue weighted by Crippen LogP contribution is -2.57. The third kappa shape index (κ3) is 6.77. The zero-order valence-electron chi connectivity index (χ0n) is 21.9. The molecule has 3 saturated carbocycles. The molecule has 200 valence electrons. The van der Waals surface area contributed by atoms with Gasteiger partial charge in [0, 0.05) is 12.2 Å². The first-order valence-corrected chi connectivity index (χ1v) is 13.3. The standard InChI is InChI=1S/2C14H20O4/c1-7-8(2)12-11(7)13(15)17-9-5-3-4-6-10(9)18-14(12)16;1-3-7-13(15)17-11-9-5-6-10-12(11)18-14(16)8-4-2/h7-12H,3-6H2,1-2H3;3-4,7-8,11-12H,5-6,9-10H2,1-2H3/b;7-3+,8-4+. The number of allylic oxidation sites excluding steroid dienone is 2. The van der Waals surface area contributed by atoms with Crippen LogP contribution in [0.3, 0.4) is 0 Å². The van der Waals surface area contributed by atoms with E-state index in [1.54, 1.807) is 26.0 Å². The quantitative estimate of drug-likeness (QED) is 0.314. The normalized spacial score (nSPS) is 36.0. The average molecular weight is 505 g/mol. The van der Waals surface area contributed by atoms with Crippen molar-refractivity contribution in [3.8, 4) is 0 Å². The van der Waals surface area contributed by atoms with Crippen LogP contribution in [0.15, 0.2) is 24.3 Å². The molecule has 4 fully saturated rings. The Bertz CT molecular complexity index is 792. The van der Waals surface area contributed by atoms with Crippen LogP contribution in [0.25, 0.3) is 0 Å². The number of hydrogen-bond acceptors (Lipinski definition) is 8. The first-order valence-electron chi connectivity index (χ1n) is 13.3.